The van der Waals surface area contributed by atoms with Crippen molar-refractivity contribution in [2.75, 3.05) is 11.9 Å². The molecule has 1 heterocycles. The summed E-state index contributed by atoms with van der Waals surface area (Å²) in [7, 11) is 0. The molecule has 0 spiro atoms. The SMILES string of the molecule is O=C1Cc2ccc(C(=O)NC3(CO)CCCC3)cc2N1. The van der Waals surface area contributed by atoms with E-state index in [4.69, 9.17) is 0 Å². The average molecular weight is 274 g/mol. The van der Waals surface area contributed by atoms with Gasteiger partial charge in [-0.2, -0.15) is 0 Å². The molecule has 0 unspecified atom stereocenters. The smallest absolute Gasteiger partial charge is 0.251 e. The summed E-state index contributed by atoms with van der Waals surface area (Å²) in [4.78, 5) is 23.6. The van der Waals surface area contributed by atoms with Gasteiger partial charge in [-0.1, -0.05) is 18.9 Å². The third kappa shape index (κ3) is 2.29. The van der Waals surface area contributed by atoms with Gasteiger partial charge in [0.15, 0.2) is 0 Å². The zero-order chi connectivity index (χ0) is 14.2. The molecule has 1 aromatic rings. The molecule has 0 aromatic heterocycles. The number of aliphatic hydroxyl groups is 1. The number of hydrogen-bond donors (Lipinski definition) is 3. The van der Waals surface area contributed by atoms with E-state index in [2.05, 4.69) is 10.6 Å². The Hall–Kier alpha value is -1.88. The highest BCUT2D eigenvalue weighted by atomic mass is 16.3. The maximum atomic E-state index is 12.3. The number of nitrogens with one attached hydrogen (secondary N) is 2. The van der Waals surface area contributed by atoms with E-state index in [1.165, 1.54) is 0 Å². The van der Waals surface area contributed by atoms with E-state index in [0.29, 0.717) is 17.7 Å². The topological polar surface area (TPSA) is 78.4 Å². The van der Waals surface area contributed by atoms with Crippen LogP contribution in [0.25, 0.3) is 0 Å². The molecule has 20 heavy (non-hydrogen) atoms. The predicted octanol–water partition coefficient (Wildman–Crippen LogP) is 1.22. The van der Waals surface area contributed by atoms with Gasteiger partial charge in [-0.05, 0) is 30.5 Å². The van der Waals surface area contributed by atoms with E-state index in [-0.39, 0.29) is 18.4 Å². The van der Waals surface area contributed by atoms with Gasteiger partial charge >= 0.3 is 0 Å². The summed E-state index contributed by atoms with van der Waals surface area (Å²) < 4.78 is 0. The minimum atomic E-state index is -0.473. The van der Waals surface area contributed by atoms with Crippen LogP contribution in [-0.2, 0) is 11.2 Å². The van der Waals surface area contributed by atoms with E-state index in [1.807, 2.05) is 6.07 Å². The molecule has 5 heteroatoms. The number of aliphatic hydroxyl groups excluding tert-OH is 1. The number of fused-ring (bicyclic) bond motifs is 1. The molecule has 3 rings (SSSR count). The first-order valence-corrected chi connectivity index (χ1v) is 6.98. The Bertz CT molecular complexity index is 562. The number of carbonyl (C=O) groups is 2. The van der Waals surface area contributed by atoms with E-state index in [1.54, 1.807) is 12.1 Å². The standard InChI is InChI=1S/C15H18N2O3/c18-9-15(5-1-2-6-15)17-14(20)11-4-3-10-8-13(19)16-12(10)7-11/h3-4,7,18H,1-2,5-6,8-9H2,(H,16,19)(H,17,20). The molecule has 1 saturated carbocycles. The fraction of sp³-hybridized carbons (Fsp3) is 0.467. The van der Waals surface area contributed by atoms with Gasteiger partial charge in [0.1, 0.15) is 0 Å². The molecule has 0 saturated heterocycles. The van der Waals surface area contributed by atoms with Crippen LogP contribution >= 0.6 is 0 Å². The second-order valence-corrected chi connectivity index (χ2v) is 5.70. The highest BCUT2D eigenvalue weighted by Crippen LogP contribution is 2.30. The summed E-state index contributed by atoms with van der Waals surface area (Å²) in [5.41, 5.74) is 1.68. The van der Waals surface area contributed by atoms with Crippen LogP contribution in [0.4, 0.5) is 5.69 Å². The van der Waals surface area contributed by atoms with Crippen molar-refractivity contribution in [1.82, 2.24) is 5.32 Å². The summed E-state index contributed by atoms with van der Waals surface area (Å²) >= 11 is 0. The second kappa shape index (κ2) is 4.90. The van der Waals surface area contributed by atoms with Gasteiger partial charge in [0.05, 0.1) is 18.6 Å². The van der Waals surface area contributed by atoms with Crippen LogP contribution in [0.15, 0.2) is 18.2 Å². The molecule has 106 valence electrons. The molecule has 5 nitrogen and oxygen atoms in total. The monoisotopic (exact) mass is 274 g/mol. The molecule has 0 radical (unpaired) electrons. The number of hydrogen-bond acceptors (Lipinski definition) is 3. The van der Waals surface area contributed by atoms with Crippen molar-refractivity contribution in [1.29, 1.82) is 0 Å². The fourth-order valence-corrected chi connectivity index (χ4v) is 3.04. The van der Waals surface area contributed by atoms with Crippen LogP contribution in [0.1, 0.15) is 41.6 Å². The Morgan fingerprint density at radius 3 is 2.80 bits per heavy atom. The van der Waals surface area contributed by atoms with E-state index >= 15 is 0 Å². The lowest BCUT2D eigenvalue weighted by atomic mass is 9.98. The molecule has 1 aliphatic heterocycles. The summed E-state index contributed by atoms with van der Waals surface area (Å²) in [5.74, 6) is -0.231. The largest absolute Gasteiger partial charge is 0.394 e. The Morgan fingerprint density at radius 2 is 2.10 bits per heavy atom. The molecule has 2 aliphatic rings. The van der Waals surface area contributed by atoms with Crippen molar-refractivity contribution in [2.45, 2.75) is 37.6 Å². The number of amides is 2. The highest BCUT2D eigenvalue weighted by molar-refractivity contribution is 6.02. The van der Waals surface area contributed by atoms with Gasteiger partial charge < -0.3 is 15.7 Å². The lowest BCUT2D eigenvalue weighted by molar-refractivity contribution is -0.115. The molecular formula is C15H18N2O3. The van der Waals surface area contributed by atoms with Crippen molar-refractivity contribution in [3.63, 3.8) is 0 Å². The van der Waals surface area contributed by atoms with Gasteiger partial charge in [-0.15, -0.1) is 0 Å². The molecule has 3 N–H and O–H groups in total. The molecule has 0 bridgehead atoms. The van der Waals surface area contributed by atoms with E-state index in [0.717, 1.165) is 31.2 Å². The quantitative estimate of drug-likeness (QED) is 0.775. The normalized spacial score (nSPS) is 19.6. The third-order valence-electron chi connectivity index (χ3n) is 4.24. The first kappa shape index (κ1) is 13.1. The number of benzene rings is 1. The van der Waals surface area contributed by atoms with E-state index in [9.17, 15) is 14.7 Å². The fourth-order valence-electron chi connectivity index (χ4n) is 3.04. The minimum absolute atomic E-state index is 0.0274. The minimum Gasteiger partial charge on any atom is -0.394 e. The second-order valence-electron chi connectivity index (χ2n) is 5.70. The average Bonchev–Trinajstić information content (AvgIpc) is 3.03. The van der Waals surface area contributed by atoms with Gasteiger partial charge in [-0.3, -0.25) is 9.59 Å². The molecule has 0 atom stereocenters. The third-order valence-corrected chi connectivity index (χ3v) is 4.24. The summed E-state index contributed by atoms with van der Waals surface area (Å²) in [5, 5.41) is 15.2. The Kier molecular flexibility index (Phi) is 3.22. The van der Waals surface area contributed by atoms with Crippen LogP contribution in [-0.4, -0.2) is 29.1 Å². The van der Waals surface area contributed by atoms with Crippen molar-refractivity contribution in [3.8, 4) is 0 Å². The van der Waals surface area contributed by atoms with Gasteiger partial charge in [0.25, 0.3) is 5.91 Å². The maximum absolute atomic E-state index is 12.3. The lowest BCUT2D eigenvalue weighted by Crippen LogP contribution is -2.49. The number of anilines is 1. The van der Waals surface area contributed by atoms with Gasteiger partial charge in [0.2, 0.25) is 5.91 Å². The molecule has 1 aliphatic carbocycles. The van der Waals surface area contributed by atoms with Gasteiger partial charge in [0, 0.05) is 11.3 Å². The van der Waals surface area contributed by atoms with Gasteiger partial charge in [-0.25, -0.2) is 0 Å². The Balaban J connectivity index is 1.78. The van der Waals surface area contributed by atoms with Crippen LogP contribution in [0.3, 0.4) is 0 Å². The molecule has 2 amide bonds. The predicted molar refractivity (Wildman–Crippen MR) is 74.5 cm³/mol. The first-order chi connectivity index (χ1) is 9.62. The van der Waals surface area contributed by atoms with Crippen LogP contribution in [0.5, 0.6) is 0 Å². The summed E-state index contributed by atoms with van der Waals surface area (Å²) in [6, 6.07) is 5.24. The molecule has 1 fully saturated rings. The zero-order valence-corrected chi connectivity index (χ0v) is 11.2. The van der Waals surface area contributed by atoms with Crippen LogP contribution in [0, 0.1) is 0 Å². The van der Waals surface area contributed by atoms with Crippen LogP contribution in [0.2, 0.25) is 0 Å². The van der Waals surface area contributed by atoms with Crippen LogP contribution < -0.4 is 10.6 Å². The summed E-state index contributed by atoms with van der Waals surface area (Å²) in [6.07, 6.45) is 4.06. The molecule has 1 aromatic carbocycles. The van der Waals surface area contributed by atoms with Crippen molar-refractivity contribution >= 4 is 17.5 Å². The molecular weight excluding hydrogens is 256 g/mol. The van der Waals surface area contributed by atoms with Crippen molar-refractivity contribution in [2.24, 2.45) is 0 Å². The number of carbonyl (C=O) groups excluding carboxylic acids is 2. The highest BCUT2D eigenvalue weighted by Gasteiger charge is 2.35. The first-order valence-electron chi connectivity index (χ1n) is 6.98. The Morgan fingerprint density at radius 1 is 1.35 bits per heavy atom. The summed E-state index contributed by atoms with van der Waals surface area (Å²) in [6.45, 7) is -0.0274. The zero-order valence-electron chi connectivity index (χ0n) is 11.2. The maximum Gasteiger partial charge on any atom is 0.251 e. The van der Waals surface area contributed by atoms with E-state index < -0.39 is 5.54 Å². The number of rotatable bonds is 3. The van der Waals surface area contributed by atoms with Crippen molar-refractivity contribution < 1.29 is 14.7 Å². The Labute approximate surface area is 117 Å². The van der Waals surface area contributed by atoms with Crippen molar-refractivity contribution in [3.05, 3.63) is 29.3 Å². The lowest BCUT2D eigenvalue weighted by Gasteiger charge is -2.28.